The summed E-state index contributed by atoms with van der Waals surface area (Å²) in [6, 6.07) is 4.13. The highest BCUT2D eigenvalue weighted by atomic mass is 32.2. The number of fused-ring (bicyclic) bond motifs is 1. The van der Waals surface area contributed by atoms with E-state index in [-0.39, 0.29) is 5.91 Å². The summed E-state index contributed by atoms with van der Waals surface area (Å²) in [7, 11) is -3.65. The van der Waals surface area contributed by atoms with E-state index in [4.69, 9.17) is 9.47 Å². The van der Waals surface area contributed by atoms with Crippen LogP contribution >= 0.6 is 0 Å². The highest BCUT2D eigenvalue weighted by Gasteiger charge is 2.34. The van der Waals surface area contributed by atoms with E-state index in [0.29, 0.717) is 49.4 Å². The van der Waals surface area contributed by atoms with Gasteiger partial charge in [0.05, 0.1) is 11.9 Å². The SMILES string of the molecule is C[C@H]1CCCN(C(=O)[C@H](C)N(c2ccc3c(c2)OCCO3)S(C)(=O)=O)C1. The Bertz CT molecular complexity index is 780. The van der Waals surface area contributed by atoms with Crippen LogP contribution in [-0.4, -0.2) is 57.8 Å². The van der Waals surface area contributed by atoms with Gasteiger partial charge in [0.25, 0.3) is 0 Å². The van der Waals surface area contributed by atoms with E-state index in [9.17, 15) is 13.2 Å². The molecule has 144 valence electrons. The lowest BCUT2D eigenvalue weighted by Gasteiger charge is -2.36. The van der Waals surface area contributed by atoms with Crippen LogP contribution in [0.25, 0.3) is 0 Å². The van der Waals surface area contributed by atoms with Gasteiger partial charge in [-0.3, -0.25) is 9.10 Å². The maximum Gasteiger partial charge on any atom is 0.246 e. The van der Waals surface area contributed by atoms with Crippen molar-refractivity contribution in [3.8, 4) is 11.5 Å². The number of benzene rings is 1. The maximum atomic E-state index is 13.0. The highest BCUT2D eigenvalue weighted by molar-refractivity contribution is 7.92. The second-order valence-corrected chi connectivity index (χ2v) is 8.95. The minimum atomic E-state index is -3.65. The molecule has 0 aliphatic carbocycles. The molecule has 1 aromatic carbocycles. The topological polar surface area (TPSA) is 76.2 Å². The van der Waals surface area contributed by atoms with Gasteiger partial charge < -0.3 is 14.4 Å². The van der Waals surface area contributed by atoms with Crippen LogP contribution in [0.5, 0.6) is 11.5 Å². The molecule has 2 aliphatic rings. The van der Waals surface area contributed by atoms with Crippen LogP contribution in [0.4, 0.5) is 5.69 Å². The molecule has 1 aromatic rings. The standard InChI is InChI=1S/C18H26N2O5S/c1-13-5-4-8-19(12-13)18(21)14(2)20(26(3,22)23)15-6-7-16-17(11-15)25-10-9-24-16/h6-7,11,13-14H,4-5,8-10,12H2,1-3H3/t13-,14-/m0/s1. The number of carbonyl (C=O) groups excluding carboxylic acids is 1. The number of rotatable bonds is 4. The summed E-state index contributed by atoms with van der Waals surface area (Å²) in [5.41, 5.74) is 0.405. The predicted molar refractivity (Wildman–Crippen MR) is 99.2 cm³/mol. The van der Waals surface area contributed by atoms with Crippen molar-refractivity contribution in [1.29, 1.82) is 0 Å². The van der Waals surface area contributed by atoms with Crippen LogP contribution in [0.2, 0.25) is 0 Å². The Kier molecular flexibility index (Phi) is 5.32. The van der Waals surface area contributed by atoms with E-state index in [1.165, 1.54) is 4.31 Å². The third-order valence-corrected chi connectivity index (χ3v) is 6.06. The van der Waals surface area contributed by atoms with Crippen LogP contribution in [0.15, 0.2) is 18.2 Å². The predicted octanol–water partition coefficient (Wildman–Crippen LogP) is 1.87. The summed E-state index contributed by atoms with van der Waals surface area (Å²) in [5.74, 6) is 1.34. The highest BCUT2D eigenvalue weighted by Crippen LogP contribution is 2.35. The minimum Gasteiger partial charge on any atom is -0.486 e. The van der Waals surface area contributed by atoms with Gasteiger partial charge in [-0.15, -0.1) is 0 Å². The Hall–Kier alpha value is -1.96. The van der Waals surface area contributed by atoms with Crippen molar-refractivity contribution >= 4 is 21.6 Å². The number of nitrogens with zero attached hydrogens (tertiary/aromatic N) is 2. The van der Waals surface area contributed by atoms with E-state index in [0.717, 1.165) is 19.1 Å². The summed E-state index contributed by atoms with van der Waals surface area (Å²) in [4.78, 5) is 14.7. The number of hydrogen-bond donors (Lipinski definition) is 0. The Morgan fingerprint density at radius 1 is 1.27 bits per heavy atom. The van der Waals surface area contributed by atoms with Crippen molar-refractivity contribution in [3.05, 3.63) is 18.2 Å². The zero-order valence-corrected chi connectivity index (χ0v) is 16.3. The number of anilines is 1. The molecule has 2 heterocycles. The first-order valence-corrected chi connectivity index (χ1v) is 10.8. The van der Waals surface area contributed by atoms with E-state index in [1.54, 1.807) is 30.0 Å². The first-order valence-electron chi connectivity index (χ1n) is 8.95. The van der Waals surface area contributed by atoms with Crippen molar-refractivity contribution in [2.75, 3.05) is 36.9 Å². The molecular formula is C18H26N2O5S. The second kappa shape index (κ2) is 7.34. The molecule has 2 atom stereocenters. The number of sulfonamides is 1. The summed E-state index contributed by atoms with van der Waals surface area (Å²) in [6.45, 7) is 5.96. The fourth-order valence-electron chi connectivity index (χ4n) is 3.63. The molecule has 3 rings (SSSR count). The molecule has 1 fully saturated rings. The normalized spacial score (nSPS) is 21.2. The second-order valence-electron chi connectivity index (χ2n) is 7.09. The van der Waals surface area contributed by atoms with Gasteiger partial charge in [-0.2, -0.15) is 0 Å². The number of hydrogen-bond acceptors (Lipinski definition) is 5. The molecule has 2 aliphatic heterocycles. The molecular weight excluding hydrogens is 356 g/mol. The smallest absolute Gasteiger partial charge is 0.246 e. The molecule has 0 aromatic heterocycles. The Morgan fingerprint density at radius 3 is 2.62 bits per heavy atom. The van der Waals surface area contributed by atoms with Gasteiger partial charge >= 0.3 is 0 Å². The van der Waals surface area contributed by atoms with E-state index < -0.39 is 16.1 Å². The van der Waals surface area contributed by atoms with Crippen LogP contribution in [0.3, 0.4) is 0 Å². The monoisotopic (exact) mass is 382 g/mol. The van der Waals surface area contributed by atoms with Gasteiger partial charge in [-0.05, 0) is 37.8 Å². The summed E-state index contributed by atoms with van der Waals surface area (Å²) >= 11 is 0. The lowest BCUT2D eigenvalue weighted by Crippen LogP contribution is -2.51. The Labute approximate surface area is 154 Å². The fraction of sp³-hybridized carbons (Fsp3) is 0.611. The first kappa shape index (κ1) is 18.8. The zero-order valence-electron chi connectivity index (χ0n) is 15.5. The van der Waals surface area contributed by atoms with Gasteiger partial charge in [-0.1, -0.05) is 6.92 Å². The molecule has 0 N–H and O–H groups in total. The molecule has 1 amide bonds. The number of piperidine rings is 1. The summed E-state index contributed by atoms with van der Waals surface area (Å²) in [5, 5.41) is 0. The fourth-order valence-corrected chi connectivity index (χ4v) is 4.79. The maximum absolute atomic E-state index is 13.0. The minimum absolute atomic E-state index is 0.170. The van der Waals surface area contributed by atoms with Gasteiger partial charge in [0.1, 0.15) is 19.3 Å². The zero-order chi connectivity index (χ0) is 18.9. The molecule has 0 saturated carbocycles. The molecule has 0 radical (unpaired) electrons. The van der Waals surface area contributed by atoms with Crippen LogP contribution in [0, 0.1) is 5.92 Å². The Morgan fingerprint density at radius 2 is 1.96 bits per heavy atom. The van der Waals surface area contributed by atoms with Crippen LogP contribution in [-0.2, 0) is 14.8 Å². The third-order valence-electron chi connectivity index (χ3n) is 4.82. The van der Waals surface area contributed by atoms with Crippen molar-refractivity contribution in [1.82, 2.24) is 4.90 Å². The van der Waals surface area contributed by atoms with Gasteiger partial charge in [-0.25, -0.2) is 8.42 Å². The summed E-state index contributed by atoms with van der Waals surface area (Å²) < 4.78 is 37.2. The molecule has 8 heteroatoms. The lowest BCUT2D eigenvalue weighted by molar-refractivity contribution is -0.133. The number of amides is 1. The average molecular weight is 382 g/mol. The van der Waals surface area contributed by atoms with Gasteiger partial charge in [0.2, 0.25) is 15.9 Å². The van der Waals surface area contributed by atoms with E-state index in [1.807, 2.05) is 0 Å². The number of ether oxygens (including phenoxy) is 2. The number of carbonyl (C=O) groups is 1. The summed E-state index contributed by atoms with van der Waals surface area (Å²) in [6.07, 6.45) is 3.16. The van der Waals surface area contributed by atoms with Crippen LogP contribution in [0.1, 0.15) is 26.7 Å². The molecule has 0 unspecified atom stereocenters. The quantitative estimate of drug-likeness (QED) is 0.795. The third kappa shape index (κ3) is 3.90. The van der Waals surface area contributed by atoms with E-state index >= 15 is 0 Å². The van der Waals surface area contributed by atoms with Crippen molar-refractivity contribution in [3.63, 3.8) is 0 Å². The van der Waals surface area contributed by atoms with Gasteiger partial charge in [0, 0.05) is 19.2 Å². The van der Waals surface area contributed by atoms with Crippen LogP contribution < -0.4 is 13.8 Å². The van der Waals surface area contributed by atoms with Crippen molar-refractivity contribution in [2.24, 2.45) is 5.92 Å². The number of likely N-dealkylation sites (tertiary alicyclic amines) is 1. The van der Waals surface area contributed by atoms with Crippen molar-refractivity contribution in [2.45, 2.75) is 32.7 Å². The molecule has 26 heavy (non-hydrogen) atoms. The Balaban J connectivity index is 1.90. The molecule has 1 saturated heterocycles. The van der Waals surface area contributed by atoms with Crippen molar-refractivity contribution < 1.29 is 22.7 Å². The van der Waals surface area contributed by atoms with Gasteiger partial charge in [0.15, 0.2) is 11.5 Å². The largest absolute Gasteiger partial charge is 0.486 e. The first-order chi connectivity index (χ1) is 12.3. The molecule has 7 nitrogen and oxygen atoms in total. The lowest BCUT2D eigenvalue weighted by atomic mass is 10.00. The molecule has 0 bridgehead atoms. The molecule has 0 spiro atoms. The average Bonchev–Trinajstić information content (AvgIpc) is 2.60. The van der Waals surface area contributed by atoms with E-state index in [2.05, 4.69) is 6.92 Å².